The maximum absolute atomic E-state index is 12.1. The van der Waals surface area contributed by atoms with Crippen molar-refractivity contribution in [2.75, 3.05) is 32.1 Å². The SMILES string of the molecule is COCCCNC(=O)c1ccnc(NCCC2=CCCCC2)c1. The van der Waals surface area contributed by atoms with Crippen molar-refractivity contribution in [3.63, 3.8) is 0 Å². The molecule has 0 fully saturated rings. The van der Waals surface area contributed by atoms with Crippen LogP contribution in [0.15, 0.2) is 30.0 Å². The molecule has 1 aromatic heterocycles. The van der Waals surface area contributed by atoms with Crippen molar-refractivity contribution in [3.05, 3.63) is 35.5 Å². The third-order valence-corrected chi connectivity index (χ3v) is 3.97. The Balaban J connectivity index is 1.77. The van der Waals surface area contributed by atoms with E-state index in [1.54, 1.807) is 25.4 Å². The Labute approximate surface area is 138 Å². The molecule has 1 heterocycles. The molecule has 1 aliphatic rings. The number of ether oxygens (including phenoxy) is 1. The number of aromatic nitrogens is 1. The molecule has 0 radical (unpaired) electrons. The third kappa shape index (κ3) is 6.40. The summed E-state index contributed by atoms with van der Waals surface area (Å²) in [4.78, 5) is 16.3. The van der Waals surface area contributed by atoms with Crippen LogP contribution in [0, 0.1) is 0 Å². The van der Waals surface area contributed by atoms with Crippen molar-refractivity contribution in [3.8, 4) is 0 Å². The molecule has 1 amide bonds. The van der Waals surface area contributed by atoms with E-state index in [4.69, 9.17) is 4.74 Å². The van der Waals surface area contributed by atoms with Crippen LogP contribution in [-0.4, -0.2) is 37.7 Å². The van der Waals surface area contributed by atoms with E-state index in [2.05, 4.69) is 21.7 Å². The van der Waals surface area contributed by atoms with E-state index < -0.39 is 0 Å². The topological polar surface area (TPSA) is 63.2 Å². The molecule has 0 unspecified atom stereocenters. The quantitative estimate of drug-likeness (QED) is 0.542. The van der Waals surface area contributed by atoms with Crippen molar-refractivity contribution in [1.82, 2.24) is 10.3 Å². The number of methoxy groups -OCH3 is 1. The molecular weight excluding hydrogens is 290 g/mol. The summed E-state index contributed by atoms with van der Waals surface area (Å²) in [6.07, 6.45) is 11.0. The Bertz CT molecular complexity index is 529. The molecular formula is C18H27N3O2. The van der Waals surface area contributed by atoms with Crippen LogP contribution in [0.25, 0.3) is 0 Å². The molecule has 5 heteroatoms. The summed E-state index contributed by atoms with van der Waals surface area (Å²) in [5, 5.41) is 6.20. The molecule has 2 N–H and O–H groups in total. The smallest absolute Gasteiger partial charge is 0.251 e. The van der Waals surface area contributed by atoms with Gasteiger partial charge in [-0.1, -0.05) is 11.6 Å². The summed E-state index contributed by atoms with van der Waals surface area (Å²) in [5.74, 6) is 0.687. The van der Waals surface area contributed by atoms with Crippen LogP contribution in [0.2, 0.25) is 0 Å². The Morgan fingerprint density at radius 1 is 1.35 bits per heavy atom. The second kappa shape index (κ2) is 10.0. The van der Waals surface area contributed by atoms with E-state index in [9.17, 15) is 4.79 Å². The molecule has 0 aliphatic heterocycles. The molecule has 0 saturated heterocycles. The van der Waals surface area contributed by atoms with Gasteiger partial charge >= 0.3 is 0 Å². The lowest BCUT2D eigenvalue weighted by Crippen LogP contribution is -2.25. The molecule has 0 bridgehead atoms. The minimum Gasteiger partial charge on any atom is -0.385 e. The van der Waals surface area contributed by atoms with Crippen molar-refractivity contribution >= 4 is 11.7 Å². The molecule has 126 valence electrons. The van der Waals surface area contributed by atoms with Crippen molar-refractivity contribution in [1.29, 1.82) is 0 Å². The summed E-state index contributed by atoms with van der Waals surface area (Å²) < 4.78 is 4.97. The van der Waals surface area contributed by atoms with Crippen LogP contribution < -0.4 is 10.6 Å². The van der Waals surface area contributed by atoms with Gasteiger partial charge in [-0.05, 0) is 50.7 Å². The average molecular weight is 317 g/mol. The number of rotatable bonds is 9. The lowest BCUT2D eigenvalue weighted by Gasteiger charge is -2.13. The van der Waals surface area contributed by atoms with Crippen molar-refractivity contribution in [2.45, 2.75) is 38.5 Å². The number of hydrogen-bond donors (Lipinski definition) is 2. The van der Waals surface area contributed by atoms with Gasteiger partial charge in [0.25, 0.3) is 5.91 Å². The Hall–Kier alpha value is -1.88. The number of nitrogens with one attached hydrogen (secondary N) is 2. The number of allylic oxidation sites excluding steroid dienone is 1. The van der Waals surface area contributed by atoms with Crippen molar-refractivity contribution in [2.24, 2.45) is 0 Å². The summed E-state index contributed by atoms with van der Waals surface area (Å²) in [6.45, 7) is 2.13. The Kier molecular flexibility index (Phi) is 7.60. The number of hydrogen-bond acceptors (Lipinski definition) is 4. The summed E-state index contributed by atoms with van der Waals surface area (Å²) >= 11 is 0. The zero-order valence-corrected chi connectivity index (χ0v) is 13.9. The number of amides is 1. The van der Waals surface area contributed by atoms with Gasteiger partial charge in [0, 0.05) is 38.6 Å². The molecule has 2 rings (SSSR count). The van der Waals surface area contributed by atoms with Gasteiger partial charge < -0.3 is 15.4 Å². The van der Waals surface area contributed by atoms with Gasteiger partial charge in [-0.2, -0.15) is 0 Å². The van der Waals surface area contributed by atoms with Crippen molar-refractivity contribution < 1.29 is 9.53 Å². The van der Waals surface area contributed by atoms with E-state index in [1.165, 1.54) is 31.3 Å². The fourth-order valence-corrected chi connectivity index (χ4v) is 2.67. The molecule has 23 heavy (non-hydrogen) atoms. The fraction of sp³-hybridized carbons (Fsp3) is 0.556. The lowest BCUT2D eigenvalue weighted by atomic mass is 9.97. The highest BCUT2D eigenvalue weighted by Crippen LogP contribution is 2.20. The predicted molar refractivity (Wildman–Crippen MR) is 92.7 cm³/mol. The second-order valence-electron chi connectivity index (χ2n) is 5.82. The highest BCUT2D eigenvalue weighted by molar-refractivity contribution is 5.94. The van der Waals surface area contributed by atoms with Crippen LogP contribution in [-0.2, 0) is 4.74 Å². The highest BCUT2D eigenvalue weighted by atomic mass is 16.5. The third-order valence-electron chi connectivity index (χ3n) is 3.97. The molecule has 0 aromatic carbocycles. The highest BCUT2D eigenvalue weighted by Gasteiger charge is 2.07. The van der Waals surface area contributed by atoms with Gasteiger partial charge in [0.2, 0.25) is 0 Å². The molecule has 0 spiro atoms. The first kappa shape index (κ1) is 17.5. The normalized spacial score (nSPS) is 14.2. The van der Waals surface area contributed by atoms with Crippen LogP contribution >= 0.6 is 0 Å². The van der Waals surface area contributed by atoms with E-state index in [-0.39, 0.29) is 5.91 Å². The molecule has 0 saturated carbocycles. The monoisotopic (exact) mass is 317 g/mol. The first-order valence-electron chi connectivity index (χ1n) is 8.44. The van der Waals surface area contributed by atoms with E-state index >= 15 is 0 Å². The standard InChI is InChI=1S/C18H27N3O2/c1-23-13-5-10-21-18(22)16-9-12-20-17(14-16)19-11-8-15-6-3-2-4-7-15/h6,9,12,14H,2-5,7-8,10-11,13H2,1H3,(H,19,20)(H,21,22). The second-order valence-corrected chi connectivity index (χ2v) is 5.82. The van der Waals surface area contributed by atoms with Gasteiger partial charge in [-0.25, -0.2) is 4.98 Å². The maximum atomic E-state index is 12.1. The van der Waals surface area contributed by atoms with Gasteiger partial charge in [-0.15, -0.1) is 0 Å². The minimum atomic E-state index is -0.0680. The molecule has 1 aromatic rings. The van der Waals surface area contributed by atoms with Crippen LogP contribution in [0.1, 0.15) is 48.9 Å². The summed E-state index contributed by atoms with van der Waals surface area (Å²) in [7, 11) is 1.66. The van der Waals surface area contributed by atoms with Gasteiger partial charge in [-0.3, -0.25) is 4.79 Å². The number of carbonyl (C=O) groups excluding carboxylic acids is 1. The molecule has 0 atom stereocenters. The summed E-state index contributed by atoms with van der Waals surface area (Å²) in [5.41, 5.74) is 2.17. The zero-order valence-electron chi connectivity index (χ0n) is 13.9. The van der Waals surface area contributed by atoms with Gasteiger partial charge in [0.15, 0.2) is 0 Å². The number of anilines is 1. The maximum Gasteiger partial charge on any atom is 0.251 e. The van der Waals surface area contributed by atoms with E-state index in [1.807, 2.05) is 0 Å². The zero-order chi connectivity index (χ0) is 16.3. The number of pyridine rings is 1. The molecule has 1 aliphatic carbocycles. The first-order chi connectivity index (χ1) is 11.3. The van der Waals surface area contributed by atoms with Gasteiger partial charge in [0.1, 0.15) is 5.82 Å². The molecule has 5 nitrogen and oxygen atoms in total. The number of nitrogens with zero attached hydrogens (tertiary/aromatic N) is 1. The summed E-state index contributed by atoms with van der Waals surface area (Å²) in [6, 6.07) is 3.54. The minimum absolute atomic E-state index is 0.0680. The van der Waals surface area contributed by atoms with Crippen LogP contribution in [0.5, 0.6) is 0 Å². The Morgan fingerprint density at radius 2 is 2.26 bits per heavy atom. The van der Waals surface area contributed by atoms with Crippen LogP contribution in [0.3, 0.4) is 0 Å². The Morgan fingerprint density at radius 3 is 3.04 bits per heavy atom. The predicted octanol–water partition coefficient (Wildman–Crippen LogP) is 3.15. The van der Waals surface area contributed by atoms with E-state index in [0.29, 0.717) is 18.7 Å². The lowest BCUT2D eigenvalue weighted by molar-refractivity contribution is 0.0948. The van der Waals surface area contributed by atoms with Gasteiger partial charge in [0.05, 0.1) is 0 Å². The fourth-order valence-electron chi connectivity index (χ4n) is 2.67. The first-order valence-corrected chi connectivity index (χ1v) is 8.44. The average Bonchev–Trinajstić information content (AvgIpc) is 2.60. The van der Waals surface area contributed by atoms with E-state index in [0.717, 1.165) is 25.2 Å². The largest absolute Gasteiger partial charge is 0.385 e. The number of carbonyl (C=O) groups is 1. The van der Waals surface area contributed by atoms with Crippen LogP contribution in [0.4, 0.5) is 5.82 Å².